The van der Waals surface area contributed by atoms with Crippen molar-refractivity contribution in [3.8, 4) is 0 Å². The number of rotatable bonds is 2. The van der Waals surface area contributed by atoms with Crippen molar-refractivity contribution in [3.05, 3.63) is 28.0 Å². The average Bonchev–Trinajstić information content (AvgIpc) is 2.06. The van der Waals surface area contributed by atoms with Crippen LogP contribution in [0.1, 0.15) is 12.5 Å². The minimum atomic E-state index is -0.101. The molecular weight excluding hydrogens is 239 g/mol. The van der Waals surface area contributed by atoms with Gasteiger partial charge in [0.25, 0.3) is 0 Å². The van der Waals surface area contributed by atoms with Crippen LogP contribution in [0.3, 0.4) is 0 Å². The molecule has 0 amide bonds. The van der Waals surface area contributed by atoms with E-state index in [1.807, 2.05) is 13.0 Å². The highest BCUT2D eigenvalue weighted by Crippen LogP contribution is 2.31. The van der Waals surface area contributed by atoms with E-state index in [9.17, 15) is 4.39 Å². The standard InChI is InChI=1S/C9H10BrFS/c1-3-12-9-7(10)5-4-6(2)8(9)11/h4-5H,3H2,1-2H3. The molecule has 0 nitrogen and oxygen atoms in total. The summed E-state index contributed by atoms with van der Waals surface area (Å²) in [5.41, 5.74) is 0.703. The van der Waals surface area contributed by atoms with E-state index in [2.05, 4.69) is 15.9 Å². The third-order valence-corrected chi connectivity index (χ3v) is 3.43. The van der Waals surface area contributed by atoms with Gasteiger partial charge in [-0.1, -0.05) is 13.0 Å². The number of hydrogen-bond acceptors (Lipinski definition) is 1. The van der Waals surface area contributed by atoms with Gasteiger partial charge in [-0.2, -0.15) is 0 Å². The molecule has 1 aromatic rings. The summed E-state index contributed by atoms with van der Waals surface area (Å²) >= 11 is 4.84. The van der Waals surface area contributed by atoms with Crippen LogP contribution in [-0.2, 0) is 0 Å². The van der Waals surface area contributed by atoms with Gasteiger partial charge < -0.3 is 0 Å². The van der Waals surface area contributed by atoms with E-state index in [0.29, 0.717) is 5.56 Å². The first-order valence-corrected chi connectivity index (χ1v) is 5.52. The highest BCUT2D eigenvalue weighted by molar-refractivity contribution is 9.10. The maximum absolute atomic E-state index is 13.4. The van der Waals surface area contributed by atoms with Crippen molar-refractivity contribution in [1.29, 1.82) is 0 Å². The molecule has 1 aromatic carbocycles. The third kappa shape index (κ3) is 2.02. The summed E-state index contributed by atoms with van der Waals surface area (Å²) in [7, 11) is 0. The molecule has 0 aliphatic rings. The van der Waals surface area contributed by atoms with E-state index in [4.69, 9.17) is 0 Å². The fourth-order valence-corrected chi connectivity index (χ4v) is 2.34. The van der Waals surface area contributed by atoms with Crippen molar-refractivity contribution >= 4 is 27.7 Å². The molecule has 66 valence electrons. The van der Waals surface area contributed by atoms with Crippen LogP contribution in [0.4, 0.5) is 4.39 Å². The number of benzene rings is 1. The lowest BCUT2D eigenvalue weighted by molar-refractivity contribution is 0.591. The Morgan fingerprint density at radius 2 is 2.17 bits per heavy atom. The molecule has 0 aromatic heterocycles. The lowest BCUT2D eigenvalue weighted by Crippen LogP contribution is -1.87. The summed E-state index contributed by atoms with van der Waals surface area (Å²) < 4.78 is 14.2. The van der Waals surface area contributed by atoms with Crippen LogP contribution in [0.5, 0.6) is 0 Å². The summed E-state index contributed by atoms with van der Waals surface area (Å²) in [6.45, 7) is 3.79. The predicted octanol–water partition coefficient (Wildman–Crippen LogP) is 4.01. The Bertz CT molecular complexity index is 286. The Hall–Kier alpha value is -0.0200. The maximum Gasteiger partial charge on any atom is 0.140 e. The van der Waals surface area contributed by atoms with Gasteiger partial charge in [-0.05, 0) is 40.2 Å². The van der Waals surface area contributed by atoms with E-state index < -0.39 is 0 Å². The molecule has 1 rings (SSSR count). The molecule has 0 fully saturated rings. The van der Waals surface area contributed by atoms with Crippen LogP contribution >= 0.6 is 27.7 Å². The van der Waals surface area contributed by atoms with Gasteiger partial charge in [-0.15, -0.1) is 11.8 Å². The molecule has 0 radical (unpaired) electrons. The van der Waals surface area contributed by atoms with Gasteiger partial charge in [-0.3, -0.25) is 0 Å². The van der Waals surface area contributed by atoms with Crippen LogP contribution in [-0.4, -0.2) is 5.75 Å². The molecular formula is C9H10BrFS. The molecule has 0 N–H and O–H groups in total. The Morgan fingerprint density at radius 1 is 1.50 bits per heavy atom. The van der Waals surface area contributed by atoms with E-state index in [0.717, 1.165) is 15.1 Å². The normalized spacial score (nSPS) is 10.3. The first kappa shape index (κ1) is 10.1. The molecule has 0 saturated heterocycles. The van der Waals surface area contributed by atoms with Crippen LogP contribution < -0.4 is 0 Å². The second kappa shape index (κ2) is 4.28. The highest BCUT2D eigenvalue weighted by atomic mass is 79.9. The van der Waals surface area contributed by atoms with Gasteiger partial charge >= 0.3 is 0 Å². The van der Waals surface area contributed by atoms with E-state index in [1.54, 1.807) is 13.0 Å². The SMILES string of the molecule is CCSc1c(Br)ccc(C)c1F. The molecule has 0 bridgehead atoms. The van der Waals surface area contributed by atoms with E-state index in [1.165, 1.54) is 11.8 Å². The summed E-state index contributed by atoms with van der Waals surface area (Å²) in [5, 5.41) is 0. The molecule has 0 heterocycles. The molecule has 0 atom stereocenters. The second-order valence-electron chi connectivity index (χ2n) is 2.44. The van der Waals surface area contributed by atoms with Crippen molar-refractivity contribution in [2.45, 2.75) is 18.7 Å². The minimum absolute atomic E-state index is 0.101. The molecule has 0 aliphatic heterocycles. The van der Waals surface area contributed by atoms with E-state index >= 15 is 0 Å². The van der Waals surface area contributed by atoms with Crippen LogP contribution in [0, 0.1) is 12.7 Å². The number of hydrogen-bond donors (Lipinski definition) is 0. The van der Waals surface area contributed by atoms with Gasteiger partial charge in [0.2, 0.25) is 0 Å². The van der Waals surface area contributed by atoms with E-state index in [-0.39, 0.29) is 5.82 Å². The fraction of sp³-hybridized carbons (Fsp3) is 0.333. The molecule has 0 unspecified atom stereocenters. The monoisotopic (exact) mass is 248 g/mol. The Labute approximate surface area is 84.7 Å². The molecule has 12 heavy (non-hydrogen) atoms. The van der Waals surface area contributed by atoms with Gasteiger partial charge in [0, 0.05) is 4.47 Å². The number of thioether (sulfide) groups is 1. The second-order valence-corrected chi connectivity index (χ2v) is 4.57. The van der Waals surface area contributed by atoms with Crippen LogP contribution in [0.2, 0.25) is 0 Å². The molecule has 3 heteroatoms. The largest absolute Gasteiger partial charge is 0.205 e. The summed E-state index contributed by atoms with van der Waals surface area (Å²) in [4.78, 5) is 0.720. The molecule has 0 aliphatic carbocycles. The van der Waals surface area contributed by atoms with Crippen LogP contribution in [0.25, 0.3) is 0 Å². The smallest absolute Gasteiger partial charge is 0.140 e. The maximum atomic E-state index is 13.4. The lowest BCUT2D eigenvalue weighted by Gasteiger charge is -2.05. The van der Waals surface area contributed by atoms with Gasteiger partial charge in [0.15, 0.2) is 0 Å². The Morgan fingerprint density at radius 3 is 2.75 bits per heavy atom. The number of halogens is 2. The zero-order valence-electron chi connectivity index (χ0n) is 7.03. The van der Waals surface area contributed by atoms with Crippen molar-refractivity contribution in [3.63, 3.8) is 0 Å². The molecule has 0 saturated carbocycles. The summed E-state index contributed by atoms with van der Waals surface area (Å²) in [5.74, 6) is 0.787. The zero-order valence-corrected chi connectivity index (χ0v) is 9.43. The van der Waals surface area contributed by atoms with Crippen molar-refractivity contribution in [2.24, 2.45) is 0 Å². The zero-order chi connectivity index (χ0) is 9.14. The summed E-state index contributed by atoms with van der Waals surface area (Å²) in [6, 6.07) is 3.66. The third-order valence-electron chi connectivity index (χ3n) is 1.53. The Balaban J connectivity index is 3.14. The van der Waals surface area contributed by atoms with Gasteiger partial charge in [0.1, 0.15) is 5.82 Å². The van der Waals surface area contributed by atoms with Gasteiger partial charge in [-0.25, -0.2) is 4.39 Å². The lowest BCUT2D eigenvalue weighted by atomic mass is 10.2. The first-order valence-electron chi connectivity index (χ1n) is 3.74. The van der Waals surface area contributed by atoms with Crippen LogP contribution in [0.15, 0.2) is 21.5 Å². The fourth-order valence-electron chi connectivity index (χ4n) is 0.908. The average molecular weight is 249 g/mol. The predicted molar refractivity (Wildman–Crippen MR) is 55.2 cm³/mol. The highest BCUT2D eigenvalue weighted by Gasteiger charge is 2.08. The van der Waals surface area contributed by atoms with Crippen molar-refractivity contribution in [2.75, 3.05) is 5.75 Å². The van der Waals surface area contributed by atoms with Gasteiger partial charge in [0.05, 0.1) is 4.90 Å². The number of aryl methyl sites for hydroxylation is 1. The summed E-state index contributed by atoms with van der Waals surface area (Å²) in [6.07, 6.45) is 0. The molecule has 0 spiro atoms. The first-order chi connectivity index (χ1) is 5.66. The topological polar surface area (TPSA) is 0 Å². The van der Waals surface area contributed by atoms with Crippen molar-refractivity contribution < 1.29 is 4.39 Å². The Kier molecular flexibility index (Phi) is 3.59. The van der Waals surface area contributed by atoms with Crippen molar-refractivity contribution in [1.82, 2.24) is 0 Å². The minimum Gasteiger partial charge on any atom is -0.205 e. The quantitative estimate of drug-likeness (QED) is 0.713.